The highest BCUT2D eigenvalue weighted by Gasteiger charge is 2.30. The molecule has 28 heavy (non-hydrogen) atoms. The monoisotopic (exact) mass is 402 g/mol. The highest BCUT2D eigenvalue weighted by atomic mass is 32.2. The van der Waals surface area contributed by atoms with E-state index in [0.717, 1.165) is 16.8 Å². The number of aryl methyl sites for hydroxylation is 2. The van der Waals surface area contributed by atoms with Crippen LogP contribution in [-0.2, 0) is 9.53 Å². The quantitative estimate of drug-likeness (QED) is 0.561. The Morgan fingerprint density at radius 2 is 2.14 bits per heavy atom. The molecule has 3 rings (SSSR count). The summed E-state index contributed by atoms with van der Waals surface area (Å²) in [5, 5.41) is 17.9. The lowest BCUT2D eigenvalue weighted by Gasteiger charge is -2.26. The van der Waals surface area contributed by atoms with Crippen molar-refractivity contribution in [3.63, 3.8) is 0 Å². The Labute approximate surface area is 166 Å². The molecular weight excluding hydrogens is 380 g/mol. The fourth-order valence-corrected chi connectivity index (χ4v) is 3.85. The van der Waals surface area contributed by atoms with Gasteiger partial charge in [0.1, 0.15) is 0 Å². The maximum atomic E-state index is 12.3. The molecule has 2 N–H and O–H groups in total. The lowest BCUT2D eigenvalue weighted by atomic mass is 10.1. The van der Waals surface area contributed by atoms with E-state index in [0.29, 0.717) is 22.2 Å². The SMILES string of the molecule is CCOC(=O)C1=C(CSc2nnnn2-c2ccc(C)cc2C)NC(=O)N[C@H]1C. The van der Waals surface area contributed by atoms with Crippen molar-refractivity contribution in [2.24, 2.45) is 0 Å². The fourth-order valence-electron chi connectivity index (χ4n) is 2.99. The van der Waals surface area contributed by atoms with Crippen LogP contribution in [0.3, 0.4) is 0 Å². The number of hydrogen-bond donors (Lipinski definition) is 2. The van der Waals surface area contributed by atoms with Gasteiger partial charge in [0.05, 0.1) is 23.9 Å². The Hall–Kier alpha value is -2.88. The van der Waals surface area contributed by atoms with Crippen LogP contribution in [0.15, 0.2) is 34.6 Å². The molecule has 1 aliphatic rings. The molecular formula is C18H22N6O3S. The smallest absolute Gasteiger partial charge is 0.337 e. The lowest BCUT2D eigenvalue weighted by Crippen LogP contribution is -2.49. The molecule has 0 fully saturated rings. The lowest BCUT2D eigenvalue weighted by molar-refractivity contribution is -0.138. The van der Waals surface area contributed by atoms with Crippen molar-refractivity contribution in [1.29, 1.82) is 0 Å². The molecule has 2 amide bonds. The molecule has 9 nitrogen and oxygen atoms in total. The number of nitrogens with one attached hydrogen (secondary N) is 2. The molecule has 0 bridgehead atoms. The van der Waals surface area contributed by atoms with E-state index in [1.54, 1.807) is 18.5 Å². The number of tetrazole rings is 1. The standard InChI is InChI=1S/C18H22N6O3S/c1-5-27-16(25)15-12(4)19-17(26)20-13(15)9-28-18-21-22-23-24(18)14-7-6-10(2)8-11(14)3/h6-8,12H,5,9H2,1-4H3,(H2,19,20,26)/t12-/m0/s1. The number of urea groups is 1. The summed E-state index contributed by atoms with van der Waals surface area (Å²) in [7, 11) is 0. The number of nitrogens with zero attached hydrogens (tertiary/aromatic N) is 4. The molecule has 0 saturated heterocycles. The third-order valence-electron chi connectivity index (χ3n) is 4.23. The van der Waals surface area contributed by atoms with E-state index >= 15 is 0 Å². The number of aromatic nitrogens is 4. The van der Waals surface area contributed by atoms with Gasteiger partial charge in [0.2, 0.25) is 5.16 Å². The number of thioether (sulfide) groups is 1. The van der Waals surface area contributed by atoms with Crippen LogP contribution < -0.4 is 10.6 Å². The summed E-state index contributed by atoms with van der Waals surface area (Å²) in [6.45, 7) is 7.76. The average Bonchev–Trinajstić information content (AvgIpc) is 3.07. The molecule has 0 spiro atoms. The molecule has 2 heterocycles. The predicted octanol–water partition coefficient (Wildman–Crippen LogP) is 1.89. The Kier molecular flexibility index (Phi) is 5.98. The largest absolute Gasteiger partial charge is 0.463 e. The Morgan fingerprint density at radius 3 is 2.86 bits per heavy atom. The Morgan fingerprint density at radius 1 is 1.36 bits per heavy atom. The molecule has 10 heteroatoms. The number of hydrogen-bond acceptors (Lipinski definition) is 7. The minimum Gasteiger partial charge on any atom is -0.463 e. The Balaban J connectivity index is 1.86. The molecule has 2 aromatic rings. The average molecular weight is 402 g/mol. The zero-order valence-corrected chi connectivity index (χ0v) is 17.0. The normalized spacial score (nSPS) is 16.6. The van der Waals surface area contributed by atoms with Crippen molar-refractivity contribution >= 4 is 23.8 Å². The van der Waals surface area contributed by atoms with E-state index in [4.69, 9.17) is 4.74 Å². The predicted molar refractivity (Wildman–Crippen MR) is 104 cm³/mol. The van der Waals surface area contributed by atoms with Gasteiger partial charge in [-0.25, -0.2) is 9.59 Å². The van der Waals surface area contributed by atoms with Gasteiger partial charge in [0.15, 0.2) is 0 Å². The van der Waals surface area contributed by atoms with Crippen molar-refractivity contribution in [1.82, 2.24) is 30.8 Å². The van der Waals surface area contributed by atoms with E-state index in [1.165, 1.54) is 11.8 Å². The van der Waals surface area contributed by atoms with Gasteiger partial charge in [-0.2, -0.15) is 4.68 Å². The summed E-state index contributed by atoms with van der Waals surface area (Å²) in [4.78, 5) is 24.2. The van der Waals surface area contributed by atoms with Crippen molar-refractivity contribution in [3.8, 4) is 5.69 Å². The number of carbonyl (C=O) groups excluding carboxylic acids is 2. The molecule has 0 saturated carbocycles. The number of amides is 2. The summed E-state index contributed by atoms with van der Waals surface area (Å²) < 4.78 is 6.78. The first-order valence-corrected chi connectivity index (χ1v) is 9.85. The van der Waals surface area contributed by atoms with Crippen LogP contribution in [0.4, 0.5) is 4.79 Å². The third-order valence-corrected chi connectivity index (χ3v) is 5.18. The summed E-state index contributed by atoms with van der Waals surface area (Å²) >= 11 is 1.33. The zero-order valence-electron chi connectivity index (χ0n) is 16.1. The second-order valence-electron chi connectivity index (χ2n) is 6.38. The fraction of sp³-hybridized carbons (Fsp3) is 0.389. The van der Waals surface area contributed by atoms with Crippen LogP contribution in [-0.4, -0.2) is 50.6 Å². The van der Waals surface area contributed by atoms with E-state index in [1.807, 2.05) is 26.0 Å². The van der Waals surface area contributed by atoms with Crippen LogP contribution in [0.5, 0.6) is 0 Å². The van der Waals surface area contributed by atoms with Crippen LogP contribution in [0, 0.1) is 13.8 Å². The first kappa shape index (κ1) is 19.9. The third kappa shape index (κ3) is 4.16. The zero-order chi connectivity index (χ0) is 20.3. The van der Waals surface area contributed by atoms with E-state index in [2.05, 4.69) is 32.2 Å². The molecule has 148 valence electrons. The van der Waals surface area contributed by atoms with Gasteiger partial charge in [-0.1, -0.05) is 29.5 Å². The van der Waals surface area contributed by atoms with E-state index in [-0.39, 0.29) is 12.6 Å². The molecule has 1 aliphatic heterocycles. The second kappa shape index (κ2) is 8.42. The molecule has 0 unspecified atom stereocenters. The topological polar surface area (TPSA) is 111 Å². The van der Waals surface area contributed by atoms with Crippen molar-refractivity contribution < 1.29 is 14.3 Å². The van der Waals surface area contributed by atoms with Crippen LogP contribution >= 0.6 is 11.8 Å². The van der Waals surface area contributed by atoms with Gasteiger partial charge in [-0.15, -0.1) is 5.10 Å². The summed E-state index contributed by atoms with van der Waals surface area (Å²) in [5.41, 5.74) is 3.97. The van der Waals surface area contributed by atoms with Gasteiger partial charge in [0.25, 0.3) is 0 Å². The van der Waals surface area contributed by atoms with E-state index < -0.39 is 12.0 Å². The number of carbonyl (C=O) groups is 2. The van der Waals surface area contributed by atoms with Gasteiger partial charge in [-0.3, -0.25) is 0 Å². The van der Waals surface area contributed by atoms with Crippen LogP contribution in [0.25, 0.3) is 5.69 Å². The highest BCUT2D eigenvalue weighted by molar-refractivity contribution is 7.99. The van der Waals surface area contributed by atoms with Crippen molar-refractivity contribution in [2.75, 3.05) is 12.4 Å². The number of esters is 1. The maximum Gasteiger partial charge on any atom is 0.337 e. The maximum absolute atomic E-state index is 12.3. The molecule has 1 atom stereocenters. The van der Waals surface area contributed by atoms with Crippen molar-refractivity contribution in [2.45, 2.75) is 38.9 Å². The number of ether oxygens (including phenoxy) is 1. The van der Waals surface area contributed by atoms with Gasteiger partial charge >= 0.3 is 12.0 Å². The van der Waals surface area contributed by atoms with Gasteiger partial charge in [-0.05, 0) is 49.8 Å². The second-order valence-corrected chi connectivity index (χ2v) is 7.33. The van der Waals surface area contributed by atoms with Crippen LogP contribution in [0.1, 0.15) is 25.0 Å². The number of rotatable bonds is 6. The van der Waals surface area contributed by atoms with E-state index in [9.17, 15) is 9.59 Å². The minimum absolute atomic E-state index is 0.258. The number of benzene rings is 1. The summed E-state index contributed by atoms with van der Waals surface area (Å²) in [6, 6.07) is 5.21. The minimum atomic E-state index is -0.452. The Bertz CT molecular complexity index is 939. The summed E-state index contributed by atoms with van der Waals surface area (Å²) in [6.07, 6.45) is 0. The van der Waals surface area contributed by atoms with Gasteiger partial charge in [0, 0.05) is 11.4 Å². The molecule has 1 aromatic heterocycles. The summed E-state index contributed by atoms with van der Waals surface area (Å²) in [5.74, 6) is -0.135. The molecule has 0 aliphatic carbocycles. The first-order chi connectivity index (χ1) is 13.4. The van der Waals surface area contributed by atoms with Gasteiger partial charge < -0.3 is 15.4 Å². The van der Waals surface area contributed by atoms with Crippen molar-refractivity contribution in [3.05, 3.63) is 40.6 Å². The molecule has 1 aromatic carbocycles. The molecule has 0 radical (unpaired) electrons. The van der Waals surface area contributed by atoms with Crippen LogP contribution in [0.2, 0.25) is 0 Å². The highest BCUT2D eigenvalue weighted by Crippen LogP contribution is 2.25. The first-order valence-electron chi connectivity index (χ1n) is 8.87.